The first kappa shape index (κ1) is 19.9. The van der Waals surface area contributed by atoms with Crippen LogP contribution in [-0.2, 0) is 16.0 Å². The van der Waals surface area contributed by atoms with Crippen molar-refractivity contribution in [1.82, 2.24) is 9.88 Å². The second kappa shape index (κ2) is 7.78. The molecule has 1 atom stereocenters. The highest BCUT2D eigenvalue weighted by molar-refractivity contribution is 7.91. The summed E-state index contributed by atoms with van der Waals surface area (Å²) in [5.74, 6) is 0.628. The zero-order chi connectivity index (χ0) is 20.7. The molecular formula is C20H20ClN3O4S. The first-order valence-corrected chi connectivity index (χ1v) is 11.0. The van der Waals surface area contributed by atoms with Gasteiger partial charge in [-0.05, 0) is 42.4 Å². The van der Waals surface area contributed by atoms with Crippen LogP contribution in [0.5, 0.6) is 5.75 Å². The van der Waals surface area contributed by atoms with Crippen LogP contribution in [0.4, 0.5) is 5.69 Å². The number of halogens is 1. The Morgan fingerprint density at radius 2 is 2.00 bits per heavy atom. The van der Waals surface area contributed by atoms with Gasteiger partial charge in [-0.2, -0.15) is 0 Å². The van der Waals surface area contributed by atoms with Gasteiger partial charge in [-0.1, -0.05) is 11.6 Å². The van der Waals surface area contributed by atoms with Crippen molar-refractivity contribution in [3.8, 4) is 5.75 Å². The van der Waals surface area contributed by atoms with Crippen LogP contribution in [0.1, 0.15) is 27.3 Å². The number of aromatic amines is 1. The summed E-state index contributed by atoms with van der Waals surface area (Å²) < 4.78 is 18.0. The quantitative estimate of drug-likeness (QED) is 0.624. The van der Waals surface area contributed by atoms with Gasteiger partial charge in [0.05, 0.1) is 34.1 Å². The van der Waals surface area contributed by atoms with E-state index in [1.807, 2.05) is 6.92 Å². The number of anilines is 1. The van der Waals surface area contributed by atoms with E-state index in [4.69, 9.17) is 16.3 Å². The van der Waals surface area contributed by atoms with E-state index in [1.165, 1.54) is 0 Å². The van der Waals surface area contributed by atoms with Gasteiger partial charge in [0.1, 0.15) is 23.9 Å². The Morgan fingerprint density at radius 1 is 1.21 bits per heavy atom. The number of fused-ring (bicyclic) bond motifs is 2. The van der Waals surface area contributed by atoms with Gasteiger partial charge in [-0.3, -0.25) is 9.59 Å². The van der Waals surface area contributed by atoms with Gasteiger partial charge in [0, 0.05) is 18.3 Å². The predicted octanol–water partition coefficient (Wildman–Crippen LogP) is 2.68. The molecular weight excluding hydrogens is 414 g/mol. The minimum Gasteiger partial charge on any atom is -0.616 e. The normalized spacial score (nSPS) is 21.4. The fraction of sp³-hybridized carbons (Fsp3) is 0.300. The number of rotatable bonds is 0. The number of amides is 2. The number of hydrogen-bond donors (Lipinski definition) is 2. The number of aromatic nitrogens is 1. The summed E-state index contributed by atoms with van der Waals surface area (Å²) in [6.45, 7) is 2.42. The summed E-state index contributed by atoms with van der Waals surface area (Å²) in [6, 6.07) is 5.09. The summed E-state index contributed by atoms with van der Waals surface area (Å²) in [6.07, 6.45) is 1.67. The molecule has 2 aliphatic heterocycles. The topological polar surface area (TPSA) is 97.5 Å². The number of carbonyl (C=O) groups excluding carboxylic acids is 2. The Balaban J connectivity index is 1.85. The van der Waals surface area contributed by atoms with Gasteiger partial charge in [-0.15, -0.1) is 0 Å². The Kier molecular flexibility index (Phi) is 5.33. The third kappa shape index (κ3) is 3.88. The zero-order valence-electron chi connectivity index (χ0n) is 16.0. The molecule has 1 aromatic carbocycles. The molecule has 29 heavy (non-hydrogen) atoms. The first-order chi connectivity index (χ1) is 13.8. The van der Waals surface area contributed by atoms with E-state index >= 15 is 0 Å². The number of carbonyl (C=O) groups is 2. The Hall–Kier alpha value is -2.42. The fourth-order valence-electron chi connectivity index (χ4n) is 3.38. The second-order valence-electron chi connectivity index (χ2n) is 7.04. The van der Waals surface area contributed by atoms with Crippen LogP contribution < -0.4 is 10.1 Å². The molecule has 0 radical (unpaired) electrons. The molecule has 7 nitrogen and oxygen atoms in total. The molecule has 2 N–H and O–H groups in total. The standard InChI is InChI=1S/C20H20ClN3O4S/c1-11-7-14-16(22-11)8-13-12-9-18(15(21)10-17(12)23-19(13)25)28-4-6-29(27)5-3-24(2)20(14)26/h7-10,22H,3-6H2,1-2H3,(H,23,25)/b13-8-. The summed E-state index contributed by atoms with van der Waals surface area (Å²) in [4.78, 5) is 30.2. The van der Waals surface area contributed by atoms with Crippen LogP contribution in [0.3, 0.4) is 0 Å². The number of nitrogens with zero attached hydrogens (tertiary/aromatic N) is 1. The molecule has 2 amide bonds. The average molecular weight is 434 g/mol. The zero-order valence-corrected chi connectivity index (χ0v) is 17.6. The maximum Gasteiger partial charge on any atom is 0.256 e. The van der Waals surface area contributed by atoms with E-state index in [0.29, 0.717) is 56.9 Å². The van der Waals surface area contributed by atoms with Crippen molar-refractivity contribution in [2.75, 3.05) is 37.0 Å². The molecule has 1 aromatic heterocycles. The molecule has 9 heteroatoms. The molecule has 152 valence electrons. The SMILES string of the molecule is Cc1cc2c([nH]1)/C=C1\C(=O)Nc3cc(Cl)c(cc31)OCC[S+]([O-])CCN(C)C2=O. The highest BCUT2D eigenvalue weighted by Crippen LogP contribution is 2.40. The van der Waals surface area contributed by atoms with Crippen molar-refractivity contribution in [2.24, 2.45) is 0 Å². The molecule has 0 saturated heterocycles. The smallest absolute Gasteiger partial charge is 0.256 e. The van der Waals surface area contributed by atoms with Gasteiger partial charge in [0.15, 0.2) is 0 Å². The molecule has 2 aliphatic rings. The molecule has 3 heterocycles. The van der Waals surface area contributed by atoms with E-state index in [2.05, 4.69) is 10.3 Å². The van der Waals surface area contributed by atoms with Gasteiger partial charge in [-0.25, -0.2) is 0 Å². The highest BCUT2D eigenvalue weighted by Gasteiger charge is 2.28. The van der Waals surface area contributed by atoms with E-state index in [-0.39, 0.29) is 18.4 Å². The van der Waals surface area contributed by atoms with E-state index in [9.17, 15) is 14.1 Å². The van der Waals surface area contributed by atoms with Gasteiger partial charge < -0.3 is 24.5 Å². The lowest BCUT2D eigenvalue weighted by Crippen LogP contribution is -2.33. The van der Waals surface area contributed by atoms with Crippen molar-refractivity contribution >= 4 is 51.9 Å². The van der Waals surface area contributed by atoms with Gasteiger partial charge in [0.2, 0.25) is 0 Å². The number of H-pyrrole nitrogens is 1. The molecule has 0 saturated carbocycles. The van der Waals surface area contributed by atoms with Crippen molar-refractivity contribution in [3.05, 3.63) is 45.7 Å². The van der Waals surface area contributed by atoms with Crippen LogP contribution in [0.25, 0.3) is 11.6 Å². The Bertz CT molecular complexity index is 1030. The lowest BCUT2D eigenvalue weighted by atomic mass is 10.0. The van der Waals surface area contributed by atoms with E-state index in [1.54, 1.807) is 36.2 Å². The Morgan fingerprint density at radius 3 is 2.79 bits per heavy atom. The minimum absolute atomic E-state index is 0.195. The third-order valence-corrected chi connectivity index (χ3v) is 6.48. The van der Waals surface area contributed by atoms with Crippen LogP contribution >= 0.6 is 11.6 Å². The second-order valence-corrected chi connectivity index (χ2v) is 9.15. The number of hydrogen-bond acceptors (Lipinski definition) is 4. The summed E-state index contributed by atoms with van der Waals surface area (Å²) in [7, 11) is 1.68. The van der Waals surface area contributed by atoms with Crippen molar-refractivity contribution in [2.45, 2.75) is 6.92 Å². The lowest BCUT2D eigenvalue weighted by Gasteiger charge is -2.19. The molecule has 2 bridgehead atoms. The molecule has 0 spiro atoms. The monoisotopic (exact) mass is 433 g/mol. The molecule has 2 aromatic rings. The van der Waals surface area contributed by atoms with E-state index < -0.39 is 11.2 Å². The molecule has 4 rings (SSSR count). The van der Waals surface area contributed by atoms with Crippen molar-refractivity contribution < 1.29 is 18.9 Å². The maximum absolute atomic E-state index is 12.9. The number of aryl methyl sites for hydroxylation is 1. The van der Waals surface area contributed by atoms with Gasteiger partial charge >= 0.3 is 0 Å². The first-order valence-electron chi connectivity index (χ1n) is 9.13. The number of ether oxygens (including phenoxy) is 1. The number of benzene rings is 1. The molecule has 1 unspecified atom stereocenters. The average Bonchev–Trinajstić information content (AvgIpc) is 3.18. The van der Waals surface area contributed by atoms with Crippen LogP contribution in [0, 0.1) is 6.92 Å². The van der Waals surface area contributed by atoms with E-state index in [0.717, 1.165) is 5.69 Å². The third-order valence-electron chi connectivity index (χ3n) is 4.93. The minimum atomic E-state index is -1.14. The molecule has 0 aliphatic carbocycles. The van der Waals surface area contributed by atoms with Crippen LogP contribution in [0.2, 0.25) is 5.02 Å². The summed E-state index contributed by atoms with van der Waals surface area (Å²) in [5.41, 5.74) is 3.45. The van der Waals surface area contributed by atoms with Crippen molar-refractivity contribution in [1.29, 1.82) is 0 Å². The fourth-order valence-corrected chi connectivity index (χ4v) is 4.55. The predicted molar refractivity (Wildman–Crippen MR) is 114 cm³/mol. The van der Waals surface area contributed by atoms with Crippen molar-refractivity contribution in [3.63, 3.8) is 0 Å². The summed E-state index contributed by atoms with van der Waals surface area (Å²) >= 11 is 5.15. The van der Waals surface area contributed by atoms with Gasteiger partial charge in [0.25, 0.3) is 11.8 Å². The lowest BCUT2D eigenvalue weighted by molar-refractivity contribution is -0.110. The summed E-state index contributed by atoms with van der Waals surface area (Å²) in [5, 5.41) is 3.16. The molecule has 0 fully saturated rings. The van der Waals surface area contributed by atoms with Crippen LogP contribution in [-0.4, -0.2) is 58.0 Å². The largest absolute Gasteiger partial charge is 0.616 e. The maximum atomic E-state index is 12.9. The Labute approximate surface area is 176 Å². The highest BCUT2D eigenvalue weighted by atomic mass is 35.5. The number of nitrogens with one attached hydrogen (secondary N) is 2. The van der Waals surface area contributed by atoms with Crippen LogP contribution in [0.15, 0.2) is 18.2 Å².